The zero-order valence-electron chi connectivity index (χ0n) is 11.5. The molecule has 0 amide bonds. The summed E-state index contributed by atoms with van der Waals surface area (Å²) < 4.78 is 2.25. The van der Waals surface area contributed by atoms with Crippen LogP contribution in [0.25, 0.3) is 33.1 Å². The van der Waals surface area contributed by atoms with E-state index in [-0.39, 0.29) is 0 Å². The Balaban J connectivity index is 1.99. The van der Waals surface area contributed by atoms with Gasteiger partial charge >= 0.3 is 0 Å². The Morgan fingerprint density at radius 3 is 2.76 bits per heavy atom. The molecule has 0 saturated heterocycles. The van der Waals surface area contributed by atoms with Crippen LogP contribution >= 0.6 is 0 Å². The fraction of sp³-hybridized carbons (Fsp3) is 0.0588. The molecule has 2 N–H and O–H groups in total. The van der Waals surface area contributed by atoms with Crippen LogP contribution < -0.4 is 5.32 Å². The number of hydrogen-bond donors (Lipinski definition) is 1. The molecule has 1 aliphatic heterocycles. The van der Waals surface area contributed by atoms with Crippen molar-refractivity contribution in [3.63, 3.8) is 0 Å². The van der Waals surface area contributed by atoms with E-state index in [2.05, 4.69) is 63.3 Å². The number of hydrogen-bond acceptors (Lipinski definition) is 2. The molecule has 4 aromatic rings. The Morgan fingerprint density at radius 2 is 1.81 bits per heavy atom. The Labute approximate surface area is 121 Å². The molecule has 2 aromatic heterocycles. The van der Waals surface area contributed by atoms with Gasteiger partial charge in [0.05, 0.1) is 22.7 Å². The van der Waals surface area contributed by atoms with Gasteiger partial charge in [-0.3, -0.25) is 5.32 Å². The maximum Gasteiger partial charge on any atom is 0.256 e. The minimum atomic E-state index is 0.966. The summed E-state index contributed by atoms with van der Waals surface area (Å²) in [5.41, 5.74) is 5.92. The fourth-order valence-corrected chi connectivity index (χ4v) is 3.43. The van der Waals surface area contributed by atoms with Crippen molar-refractivity contribution in [3.8, 4) is 11.3 Å². The molecular weight excluding hydrogens is 260 g/mol. The molecule has 4 nitrogen and oxygen atoms in total. The number of quaternary nitrogens is 1. The molecular formula is C17H13N4+. The minimum absolute atomic E-state index is 0.966. The van der Waals surface area contributed by atoms with Gasteiger partial charge in [0.2, 0.25) is 0 Å². The lowest BCUT2D eigenvalue weighted by Crippen LogP contribution is -2.70. The quantitative estimate of drug-likeness (QED) is 0.441. The number of benzene rings is 2. The van der Waals surface area contributed by atoms with Crippen molar-refractivity contribution in [3.05, 3.63) is 48.8 Å². The molecule has 100 valence electrons. The third kappa shape index (κ3) is 1.27. The highest BCUT2D eigenvalue weighted by Gasteiger charge is 2.29. The van der Waals surface area contributed by atoms with Gasteiger partial charge in [0, 0.05) is 24.1 Å². The smallest absolute Gasteiger partial charge is 0.256 e. The van der Waals surface area contributed by atoms with Gasteiger partial charge in [-0.25, -0.2) is 9.97 Å². The first-order valence-corrected chi connectivity index (χ1v) is 7.01. The van der Waals surface area contributed by atoms with E-state index < -0.39 is 0 Å². The molecule has 5 rings (SSSR count). The third-order valence-electron chi connectivity index (χ3n) is 4.38. The van der Waals surface area contributed by atoms with Gasteiger partial charge in [0.25, 0.3) is 5.82 Å². The van der Waals surface area contributed by atoms with E-state index >= 15 is 0 Å². The number of aromatic nitrogens is 3. The molecule has 0 bridgehead atoms. The van der Waals surface area contributed by atoms with Crippen LogP contribution in [0.2, 0.25) is 0 Å². The zero-order chi connectivity index (χ0) is 14.0. The second-order valence-electron chi connectivity index (χ2n) is 5.43. The SMILES string of the molecule is Cn1c2ccccc2c2c3c(ccc21)-c1nccnc1[NH2+]3. The van der Waals surface area contributed by atoms with E-state index in [1.165, 1.54) is 33.1 Å². The van der Waals surface area contributed by atoms with Crippen molar-refractivity contribution >= 4 is 33.3 Å². The van der Waals surface area contributed by atoms with E-state index in [1.807, 2.05) is 0 Å². The molecule has 0 radical (unpaired) electrons. The van der Waals surface area contributed by atoms with Crippen molar-refractivity contribution in [1.82, 2.24) is 14.5 Å². The zero-order valence-corrected chi connectivity index (χ0v) is 11.5. The lowest BCUT2D eigenvalue weighted by atomic mass is 10.1. The average Bonchev–Trinajstić information content (AvgIpc) is 3.04. The molecule has 0 atom stereocenters. The molecule has 0 spiro atoms. The van der Waals surface area contributed by atoms with Gasteiger partial charge in [-0.05, 0) is 18.2 Å². The Morgan fingerprint density at radius 1 is 0.952 bits per heavy atom. The van der Waals surface area contributed by atoms with E-state index in [0.717, 1.165) is 11.5 Å². The standard InChI is InChI=1S/C17H12N4/c1-21-12-5-3-2-4-10(12)14-13(21)7-6-11-15(14)20-17-16(11)18-8-9-19-17/h2-9H,1H3,(H,19,20)/p+1. The van der Waals surface area contributed by atoms with Crippen molar-refractivity contribution < 1.29 is 5.32 Å². The number of fused-ring (bicyclic) bond motifs is 7. The lowest BCUT2D eigenvalue weighted by molar-refractivity contribution is -0.475. The number of aryl methyl sites for hydroxylation is 1. The van der Waals surface area contributed by atoms with Gasteiger partial charge < -0.3 is 4.57 Å². The largest absolute Gasteiger partial charge is 0.343 e. The van der Waals surface area contributed by atoms with Gasteiger partial charge in [-0.15, -0.1) is 0 Å². The van der Waals surface area contributed by atoms with Gasteiger partial charge in [-0.2, -0.15) is 0 Å². The molecule has 1 aliphatic rings. The molecule has 3 heterocycles. The Hall–Kier alpha value is -2.72. The summed E-state index contributed by atoms with van der Waals surface area (Å²) >= 11 is 0. The van der Waals surface area contributed by atoms with Crippen LogP contribution in [0, 0.1) is 0 Å². The highest BCUT2D eigenvalue weighted by molar-refractivity contribution is 6.15. The molecule has 4 heteroatoms. The highest BCUT2D eigenvalue weighted by atomic mass is 15.1. The van der Waals surface area contributed by atoms with Crippen LogP contribution in [-0.2, 0) is 7.05 Å². The average molecular weight is 273 g/mol. The number of nitrogens with zero attached hydrogens (tertiary/aromatic N) is 3. The molecule has 0 aliphatic carbocycles. The number of rotatable bonds is 0. The first-order chi connectivity index (χ1) is 10.3. The van der Waals surface area contributed by atoms with Gasteiger partial charge in [0.15, 0.2) is 11.4 Å². The van der Waals surface area contributed by atoms with Gasteiger partial charge in [0.1, 0.15) is 0 Å². The summed E-state index contributed by atoms with van der Waals surface area (Å²) in [4.78, 5) is 8.94. The summed E-state index contributed by atoms with van der Waals surface area (Å²) in [5.74, 6) is 0.966. The summed E-state index contributed by atoms with van der Waals surface area (Å²) in [5, 5.41) is 4.74. The highest BCUT2D eigenvalue weighted by Crippen LogP contribution is 2.41. The van der Waals surface area contributed by atoms with Crippen LogP contribution in [0.5, 0.6) is 0 Å². The van der Waals surface area contributed by atoms with Crippen LogP contribution in [-0.4, -0.2) is 14.5 Å². The van der Waals surface area contributed by atoms with E-state index in [1.54, 1.807) is 12.4 Å². The van der Waals surface area contributed by atoms with Crippen LogP contribution in [0.1, 0.15) is 0 Å². The van der Waals surface area contributed by atoms with E-state index in [9.17, 15) is 0 Å². The monoisotopic (exact) mass is 273 g/mol. The van der Waals surface area contributed by atoms with E-state index in [0.29, 0.717) is 0 Å². The second-order valence-corrected chi connectivity index (χ2v) is 5.43. The summed E-state index contributed by atoms with van der Waals surface area (Å²) in [6.45, 7) is 0. The molecule has 0 saturated carbocycles. The maximum absolute atomic E-state index is 4.49. The fourth-order valence-electron chi connectivity index (χ4n) is 3.43. The topological polar surface area (TPSA) is 47.3 Å². The van der Waals surface area contributed by atoms with Crippen LogP contribution in [0.3, 0.4) is 0 Å². The molecule has 0 unspecified atom stereocenters. The van der Waals surface area contributed by atoms with Crippen molar-refractivity contribution in [2.45, 2.75) is 0 Å². The van der Waals surface area contributed by atoms with Crippen molar-refractivity contribution in [1.29, 1.82) is 0 Å². The molecule has 0 fully saturated rings. The Kier molecular flexibility index (Phi) is 1.93. The van der Waals surface area contributed by atoms with Crippen molar-refractivity contribution in [2.24, 2.45) is 7.05 Å². The maximum atomic E-state index is 4.49. The first-order valence-electron chi connectivity index (χ1n) is 7.01. The first kappa shape index (κ1) is 11.0. The third-order valence-corrected chi connectivity index (χ3v) is 4.38. The van der Waals surface area contributed by atoms with Crippen molar-refractivity contribution in [2.75, 3.05) is 0 Å². The minimum Gasteiger partial charge on any atom is -0.343 e. The van der Waals surface area contributed by atoms with Gasteiger partial charge in [-0.1, -0.05) is 18.2 Å². The summed E-state index contributed by atoms with van der Waals surface area (Å²) in [6, 6.07) is 12.9. The van der Waals surface area contributed by atoms with Crippen LogP contribution in [0.4, 0.5) is 11.5 Å². The second kappa shape index (κ2) is 3.68. The lowest BCUT2D eigenvalue weighted by Gasteiger charge is -1.99. The predicted molar refractivity (Wildman–Crippen MR) is 82.7 cm³/mol. The van der Waals surface area contributed by atoms with E-state index in [4.69, 9.17) is 0 Å². The van der Waals surface area contributed by atoms with Crippen LogP contribution in [0.15, 0.2) is 48.8 Å². The Bertz CT molecular complexity index is 1030. The molecule has 2 aromatic carbocycles. The predicted octanol–water partition coefficient (Wildman–Crippen LogP) is 2.63. The number of para-hydroxylation sites is 1. The normalized spacial score (nSPS) is 12.8. The summed E-state index contributed by atoms with van der Waals surface area (Å²) in [6.07, 6.45) is 3.51. The summed E-state index contributed by atoms with van der Waals surface area (Å²) in [7, 11) is 2.12. The molecule has 21 heavy (non-hydrogen) atoms. The number of nitrogens with two attached hydrogens (primary N) is 1.